The topological polar surface area (TPSA) is 83.5 Å². The third-order valence-corrected chi connectivity index (χ3v) is 7.76. The number of nitrogens with one attached hydrogen (secondary N) is 1. The van der Waals surface area contributed by atoms with E-state index in [1.165, 1.54) is 18.2 Å². The molecule has 0 saturated heterocycles. The van der Waals surface area contributed by atoms with E-state index in [1.54, 1.807) is 11.0 Å². The van der Waals surface area contributed by atoms with E-state index in [-0.39, 0.29) is 40.0 Å². The van der Waals surface area contributed by atoms with Crippen LogP contribution in [-0.4, -0.2) is 33.0 Å². The molecule has 2 aromatic rings. The lowest BCUT2D eigenvalue weighted by Crippen LogP contribution is -2.36. The lowest BCUT2D eigenvalue weighted by Gasteiger charge is -2.30. The Morgan fingerprint density at radius 3 is 2.56 bits per heavy atom. The number of benzene rings is 2. The average molecular weight is 516 g/mol. The Labute approximate surface area is 201 Å². The van der Waals surface area contributed by atoms with E-state index < -0.39 is 9.84 Å². The predicted molar refractivity (Wildman–Crippen MR) is 127 cm³/mol. The van der Waals surface area contributed by atoms with Crippen molar-refractivity contribution in [2.75, 3.05) is 23.0 Å². The number of sulfone groups is 1. The molecule has 2 amide bonds. The van der Waals surface area contributed by atoms with Crippen molar-refractivity contribution in [3.8, 4) is 0 Å². The molecule has 2 atom stereocenters. The molecular weight excluding hydrogens is 495 g/mol. The smallest absolute Gasteiger partial charge is 0.227 e. The van der Waals surface area contributed by atoms with Gasteiger partial charge in [0.1, 0.15) is 0 Å². The molecule has 1 N–H and O–H groups in total. The molecule has 1 aliphatic heterocycles. The summed E-state index contributed by atoms with van der Waals surface area (Å²) in [5, 5.41) is 3.89. The minimum absolute atomic E-state index is 0.0620. The molecule has 170 valence electrons. The summed E-state index contributed by atoms with van der Waals surface area (Å²) in [6.07, 6.45) is 3.58. The van der Waals surface area contributed by atoms with Crippen LogP contribution < -0.4 is 10.2 Å². The highest BCUT2D eigenvalue weighted by Crippen LogP contribution is 2.44. The van der Waals surface area contributed by atoms with Gasteiger partial charge in [-0.1, -0.05) is 34.8 Å². The molecule has 6 nitrogen and oxygen atoms in total. The van der Waals surface area contributed by atoms with Crippen LogP contribution in [0, 0.1) is 11.8 Å². The van der Waals surface area contributed by atoms with Gasteiger partial charge in [0, 0.05) is 30.2 Å². The average Bonchev–Trinajstić information content (AvgIpc) is 3.47. The Morgan fingerprint density at radius 1 is 1.12 bits per heavy atom. The molecule has 2 aliphatic rings. The van der Waals surface area contributed by atoms with Crippen molar-refractivity contribution < 1.29 is 18.0 Å². The summed E-state index contributed by atoms with van der Waals surface area (Å²) in [5.41, 5.74) is 2.01. The van der Waals surface area contributed by atoms with Gasteiger partial charge in [-0.15, -0.1) is 0 Å². The maximum atomic E-state index is 13.0. The van der Waals surface area contributed by atoms with Crippen molar-refractivity contribution in [1.29, 1.82) is 0 Å². The fraction of sp³-hybridized carbons (Fsp3) is 0.364. The molecule has 0 spiro atoms. The number of carbonyl (C=O) groups is 2. The molecule has 1 heterocycles. The van der Waals surface area contributed by atoms with Gasteiger partial charge in [0.15, 0.2) is 9.84 Å². The van der Waals surface area contributed by atoms with E-state index in [9.17, 15) is 18.0 Å². The highest BCUT2D eigenvalue weighted by Gasteiger charge is 2.45. The number of amides is 2. The Kier molecular flexibility index (Phi) is 6.47. The van der Waals surface area contributed by atoms with Crippen LogP contribution in [0.1, 0.15) is 24.8 Å². The van der Waals surface area contributed by atoms with Gasteiger partial charge >= 0.3 is 0 Å². The van der Waals surface area contributed by atoms with E-state index >= 15 is 0 Å². The second-order valence-electron chi connectivity index (χ2n) is 8.25. The third kappa shape index (κ3) is 4.91. The van der Waals surface area contributed by atoms with Crippen molar-refractivity contribution in [2.45, 2.75) is 30.6 Å². The lowest BCUT2D eigenvalue weighted by atomic mass is 10.0. The van der Waals surface area contributed by atoms with Crippen LogP contribution in [0.25, 0.3) is 0 Å². The maximum Gasteiger partial charge on any atom is 0.227 e. The van der Waals surface area contributed by atoms with E-state index in [1.807, 2.05) is 6.07 Å². The summed E-state index contributed by atoms with van der Waals surface area (Å²) in [4.78, 5) is 27.4. The monoisotopic (exact) mass is 514 g/mol. The Bertz CT molecular complexity index is 1220. The van der Waals surface area contributed by atoms with E-state index in [0.29, 0.717) is 34.4 Å². The van der Waals surface area contributed by atoms with Crippen LogP contribution in [0.5, 0.6) is 0 Å². The standard InChI is InChI=1S/C22H21Cl3N2O4S/c1-32(30,31)15-4-5-19(17(24)11-15)26-22(29)16-8-13(16)9-20(28)27-6-2-3-12-7-14(23)10-18(25)21(12)27/h4-5,7,10-11,13,16H,2-3,6,8-9H2,1H3,(H,26,29). The van der Waals surface area contributed by atoms with Crippen molar-refractivity contribution in [2.24, 2.45) is 11.8 Å². The van der Waals surface area contributed by atoms with Gasteiger partial charge in [0.2, 0.25) is 11.8 Å². The number of hydrogen-bond donors (Lipinski definition) is 1. The minimum Gasteiger partial charge on any atom is -0.325 e. The first-order valence-corrected chi connectivity index (χ1v) is 13.2. The van der Waals surface area contributed by atoms with Crippen molar-refractivity contribution >= 4 is 67.8 Å². The van der Waals surface area contributed by atoms with E-state index in [0.717, 1.165) is 24.7 Å². The van der Waals surface area contributed by atoms with Gasteiger partial charge in [0.25, 0.3) is 0 Å². The molecular formula is C22H21Cl3N2O4S. The van der Waals surface area contributed by atoms with E-state index in [2.05, 4.69) is 5.32 Å². The van der Waals surface area contributed by atoms with Crippen LogP contribution in [-0.2, 0) is 25.8 Å². The van der Waals surface area contributed by atoms with E-state index in [4.69, 9.17) is 34.8 Å². The highest BCUT2D eigenvalue weighted by molar-refractivity contribution is 7.90. The Hall–Kier alpha value is -1.80. The first kappa shape index (κ1) is 23.4. The Balaban J connectivity index is 1.39. The lowest BCUT2D eigenvalue weighted by molar-refractivity contribution is -0.119. The van der Waals surface area contributed by atoms with Crippen LogP contribution in [0.2, 0.25) is 15.1 Å². The quantitative estimate of drug-likeness (QED) is 0.608. The first-order valence-electron chi connectivity index (χ1n) is 10.1. The fourth-order valence-electron chi connectivity index (χ4n) is 4.08. The molecule has 0 radical (unpaired) electrons. The largest absolute Gasteiger partial charge is 0.325 e. The number of anilines is 2. The Morgan fingerprint density at radius 2 is 1.88 bits per heavy atom. The zero-order chi connectivity index (χ0) is 23.2. The number of fused-ring (bicyclic) bond motifs is 1. The zero-order valence-corrected chi connectivity index (χ0v) is 20.3. The molecule has 2 aromatic carbocycles. The summed E-state index contributed by atoms with van der Waals surface area (Å²) in [7, 11) is -3.39. The summed E-state index contributed by atoms with van der Waals surface area (Å²) < 4.78 is 23.3. The van der Waals surface area contributed by atoms with Crippen LogP contribution in [0.3, 0.4) is 0 Å². The van der Waals surface area contributed by atoms with Gasteiger partial charge < -0.3 is 10.2 Å². The molecule has 32 heavy (non-hydrogen) atoms. The minimum atomic E-state index is -3.39. The third-order valence-electron chi connectivity index (χ3n) is 5.83. The molecule has 4 rings (SSSR count). The summed E-state index contributed by atoms with van der Waals surface area (Å²) in [6.45, 7) is 0.582. The summed E-state index contributed by atoms with van der Waals surface area (Å²) in [5.74, 6) is -0.658. The number of aryl methyl sites for hydroxylation is 1. The van der Waals surface area contributed by atoms with Gasteiger partial charge in [-0.2, -0.15) is 0 Å². The molecule has 1 aliphatic carbocycles. The SMILES string of the molecule is CS(=O)(=O)c1ccc(NC(=O)C2CC2CC(=O)N2CCCc3cc(Cl)cc(Cl)c32)c(Cl)c1. The van der Waals surface area contributed by atoms with Crippen molar-refractivity contribution in [1.82, 2.24) is 0 Å². The second-order valence-corrected chi connectivity index (χ2v) is 11.5. The normalized spacial score (nSPS) is 19.9. The molecule has 1 saturated carbocycles. The first-order chi connectivity index (χ1) is 15.0. The van der Waals surface area contributed by atoms with Gasteiger partial charge in [-0.25, -0.2) is 8.42 Å². The maximum absolute atomic E-state index is 13.0. The van der Waals surface area contributed by atoms with Crippen LogP contribution in [0.15, 0.2) is 35.2 Å². The molecule has 10 heteroatoms. The summed E-state index contributed by atoms with van der Waals surface area (Å²) >= 11 is 18.6. The van der Waals surface area contributed by atoms with Gasteiger partial charge in [-0.05, 0) is 61.1 Å². The molecule has 0 bridgehead atoms. The predicted octanol–water partition coefficient (Wildman–Crippen LogP) is 4.99. The van der Waals surface area contributed by atoms with Gasteiger partial charge in [0.05, 0.1) is 26.3 Å². The number of halogens is 3. The summed E-state index contributed by atoms with van der Waals surface area (Å²) in [6, 6.07) is 7.66. The van der Waals surface area contributed by atoms with Crippen LogP contribution >= 0.6 is 34.8 Å². The molecule has 2 unspecified atom stereocenters. The fourth-order valence-corrected chi connectivity index (χ4v) is 5.66. The second kappa shape index (κ2) is 8.86. The molecule has 0 aromatic heterocycles. The molecule has 1 fully saturated rings. The van der Waals surface area contributed by atoms with Crippen LogP contribution in [0.4, 0.5) is 11.4 Å². The van der Waals surface area contributed by atoms with Gasteiger partial charge in [-0.3, -0.25) is 9.59 Å². The zero-order valence-electron chi connectivity index (χ0n) is 17.2. The number of nitrogens with zero attached hydrogens (tertiary/aromatic N) is 1. The van der Waals surface area contributed by atoms with Crippen molar-refractivity contribution in [3.63, 3.8) is 0 Å². The highest BCUT2D eigenvalue weighted by atomic mass is 35.5. The van der Waals surface area contributed by atoms with Crippen molar-refractivity contribution in [3.05, 3.63) is 51.0 Å². The number of rotatable bonds is 5. The number of hydrogen-bond acceptors (Lipinski definition) is 4. The number of carbonyl (C=O) groups excluding carboxylic acids is 2.